The molecule has 0 bridgehead atoms. The highest BCUT2D eigenvalue weighted by atomic mass is 35.5. The lowest BCUT2D eigenvalue weighted by Gasteiger charge is -2.11. The smallest absolute Gasteiger partial charge is 0.141 e. The molecule has 5 aromatic rings. The molecule has 1 aromatic heterocycles. The molecule has 0 aliphatic carbocycles. The van der Waals surface area contributed by atoms with Crippen LogP contribution in [0, 0.1) is 0 Å². The van der Waals surface area contributed by atoms with Gasteiger partial charge in [-0.25, -0.2) is 4.98 Å². The topological polar surface area (TPSA) is 56.2 Å². The van der Waals surface area contributed by atoms with Gasteiger partial charge in [-0.3, -0.25) is 4.99 Å². The maximum Gasteiger partial charge on any atom is 0.141 e. The van der Waals surface area contributed by atoms with Crippen molar-refractivity contribution in [2.45, 2.75) is 13.1 Å². The first-order chi connectivity index (χ1) is 17.8. The van der Waals surface area contributed by atoms with E-state index < -0.39 is 0 Å². The second-order valence-corrected chi connectivity index (χ2v) is 10.5. The Bertz CT molecular complexity index is 1620. The number of fused-ring (bicyclic) bond motifs is 1. The van der Waals surface area contributed by atoms with Gasteiger partial charge in [0.05, 0.1) is 37.7 Å². The van der Waals surface area contributed by atoms with Crippen molar-refractivity contribution >= 4 is 74.9 Å². The SMILES string of the molecule is NC(=NCc1ccc(Cl)c(Cl)c1)c1ccc(-c2nc3cc(Cl)c(Cl)cc3n2Cc2ccc(Cl)cc2)cc1. The molecule has 2 N–H and O–H groups in total. The number of nitrogens with two attached hydrogens (primary N) is 1. The average molecular weight is 589 g/mol. The second-order valence-electron chi connectivity index (χ2n) is 8.43. The molecule has 0 aliphatic rings. The van der Waals surface area contributed by atoms with Crippen LogP contribution in [0.1, 0.15) is 16.7 Å². The Hall–Kier alpha value is -2.73. The molecule has 0 spiro atoms. The molecule has 4 aromatic carbocycles. The Morgan fingerprint density at radius 2 is 1.38 bits per heavy atom. The number of halogens is 5. The van der Waals surface area contributed by atoms with Crippen LogP contribution < -0.4 is 5.73 Å². The molecule has 0 radical (unpaired) electrons. The van der Waals surface area contributed by atoms with E-state index in [1.54, 1.807) is 18.2 Å². The van der Waals surface area contributed by atoms with Gasteiger partial charge in [-0.05, 0) is 47.5 Å². The Morgan fingerprint density at radius 1 is 0.730 bits per heavy atom. The number of nitrogens with zero attached hydrogens (tertiary/aromatic N) is 3. The van der Waals surface area contributed by atoms with Gasteiger partial charge in [-0.1, -0.05) is 100 Å². The fraction of sp³-hybridized carbons (Fsp3) is 0.0714. The molecule has 1 heterocycles. The van der Waals surface area contributed by atoms with E-state index in [2.05, 4.69) is 9.56 Å². The second kappa shape index (κ2) is 10.9. The fourth-order valence-corrected chi connectivity index (χ4v) is 4.73. The lowest BCUT2D eigenvalue weighted by Crippen LogP contribution is -2.13. The monoisotopic (exact) mass is 586 g/mol. The normalized spacial score (nSPS) is 11.9. The van der Waals surface area contributed by atoms with Crippen molar-refractivity contribution < 1.29 is 0 Å². The van der Waals surface area contributed by atoms with Crippen molar-refractivity contribution in [2.24, 2.45) is 10.7 Å². The molecule has 0 fully saturated rings. The number of aromatic nitrogens is 2. The molecule has 5 rings (SSSR count). The van der Waals surface area contributed by atoms with E-state index in [0.717, 1.165) is 39.1 Å². The molecular formula is C28H19Cl5N4. The summed E-state index contributed by atoms with van der Waals surface area (Å²) in [5.74, 6) is 1.20. The minimum atomic E-state index is 0.392. The van der Waals surface area contributed by atoms with Crippen LogP contribution in [0.2, 0.25) is 25.1 Å². The van der Waals surface area contributed by atoms with E-state index in [-0.39, 0.29) is 0 Å². The average Bonchev–Trinajstić information content (AvgIpc) is 3.23. The molecule has 0 aliphatic heterocycles. The highest BCUT2D eigenvalue weighted by Crippen LogP contribution is 2.32. The molecule has 37 heavy (non-hydrogen) atoms. The van der Waals surface area contributed by atoms with Crippen LogP contribution in [0.5, 0.6) is 0 Å². The van der Waals surface area contributed by atoms with E-state index in [4.69, 9.17) is 68.7 Å². The summed E-state index contributed by atoms with van der Waals surface area (Å²) in [5, 5.41) is 2.60. The molecule has 0 amide bonds. The van der Waals surface area contributed by atoms with Crippen LogP contribution in [-0.4, -0.2) is 15.4 Å². The Balaban J connectivity index is 1.47. The van der Waals surface area contributed by atoms with Gasteiger partial charge in [0.2, 0.25) is 0 Å². The summed E-state index contributed by atoms with van der Waals surface area (Å²) in [5.41, 5.74) is 11.6. The van der Waals surface area contributed by atoms with Gasteiger partial charge in [-0.15, -0.1) is 0 Å². The molecule has 0 atom stereocenters. The fourth-order valence-electron chi connectivity index (χ4n) is 3.97. The van der Waals surface area contributed by atoms with Crippen LogP contribution in [0.15, 0.2) is 83.9 Å². The number of amidine groups is 1. The van der Waals surface area contributed by atoms with Crippen LogP contribution in [0.25, 0.3) is 22.4 Å². The van der Waals surface area contributed by atoms with Gasteiger partial charge in [0.1, 0.15) is 11.7 Å². The van der Waals surface area contributed by atoms with E-state index >= 15 is 0 Å². The van der Waals surface area contributed by atoms with Crippen molar-refractivity contribution in [1.82, 2.24) is 9.55 Å². The van der Waals surface area contributed by atoms with E-state index in [0.29, 0.717) is 44.0 Å². The van der Waals surface area contributed by atoms with E-state index in [1.165, 1.54) is 0 Å². The molecule has 0 unspecified atom stereocenters. The number of hydrogen-bond acceptors (Lipinski definition) is 2. The minimum absolute atomic E-state index is 0.392. The summed E-state index contributed by atoms with van der Waals surface area (Å²) in [7, 11) is 0. The standard InChI is InChI=1S/C28H19Cl5N4/c29-20-8-1-16(2-9-20)15-37-26-13-24(33)23(32)12-25(26)36-28(37)19-6-4-18(5-7-19)27(34)35-14-17-3-10-21(30)22(31)11-17/h1-13H,14-15H2,(H2,34,35). The lowest BCUT2D eigenvalue weighted by molar-refractivity contribution is 0.834. The first-order valence-electron chi connectivity index (χ1n) is 11.2. The van der Waals surface area contributed by atoms with Crippen molar-refractivity contribution in [1.29, 1.82) is 0 Å². The van der Waals surface area contributed by atoms with Crippen LogP contribution in [0.3, 0.4) is 0 Å². The summed E-state index contributed by atoms with van der Waals surface area (Å²) in [6, 6.07) is 24.5. The number of hydrogen-bond donors (Lipinski definition) is 1. The predicted octanol–water partition coefficient (Wildman–Crippen LogP) is 8.92. The third kappa shape index (κ3) is 5.74. The Morgan fingerprint density at radius 3 is 2.08 bits per heavy atom. The molecule has 0 saturated heterocycles. The first kappa shape index (κ1) is 25.9. The number of aliphatic imine (C=N–C) groups is 1. The van der Waals surface area contributed by atoms with Crippen LogP contribution in [-0.2, 0) is 13.1 Å². The zero-order valence-electron chi connectivity index (χ0n) is 19.2. The van der Waals surface area contributed by atoms with Gasteiger partial charge in [0.25, 0.3) is 0 Å². The third-order valence-corrected chi connectivity index (χ3v) is 7.61. The van der Waals surface area contributed by atoms with Gasteiger partial charge in [0.15, 0.2) is 0 Å². The van der Waals surface area contributed by atoms with Crippen molar-refractivity contribution in [3.8, 4) is 11.4 Å². The van der Waals surface area contributed by atoms with E-state index in [9.17, 15) is 0 Å². The zero-order chi connectivity index (χ0) is 26.1. The lowest BCUT2D eigenvalue weighted by atomic mass is 10.1. The Kier molecular flexibility index (Phi) is 7.66. The van der Waals surface area contributed by atoms with Gasteiger partial charge < -0.3 is 10.3 Å². The van der Waals surface area contributed by atoms with Crippen molar-refractivity contribution in [3.63, 3.8) is 0 Å². The minimum Gasteiger partial charge on any atom is -0.383 e. The predicted molar refractivity (Wildman–Crippen MR) is 157 cm³/mol. The third-order valence-electron chi connectivity index (χ3n) is 5.90. The number of rotatable bonds is 6. The van der Waals surface area contributed by atoms with Crippen LogP contribution in [0.4, 0.5) is 0 Å². The van der Waals surface area contributed by atoms with Gasteiger partial charge >= 0.3 is 0 Å². The van der Waals surface area contributed by atoms with Crippen molar-refractivity contribution in [2.75, 3.05) is 0 Å². The number of benzene rings is 4. The number of imidazole rings is 1. The maximum absolute atomic E-state index is 6.35. The molecule has 4 nitrogen and oxygen atoms in total. The Labute approximate surface area is 239 Å². The molecular weight excluding hydrogens is 570 g/mol. The largest absolute Gasteiger partial charge is 0.383 e. The summed E-state index contributed by atoms with van der Waals surface area (Å²) in [4.78, 5) is 9.38. The zero-order valence-corrected chi connectivity index (χ0v) is 23.0. The van der Waals surface area contributed by atoms with Crippen LogP contribution >= 0.6 is 58.0 Å². The van der Waals surface area contributed by atoms with E-state index in [1.807, 2.05) is 60.7 Å². The maximum atomic E-state index is 6.35. The quantitative estimate of drug-likeness (QED) is 0.159. The summed E-state index contributed by atoms with van der Waals surface area (Å²) < 4.78 is 2.11. The highest BCUT2D eigenvalue weighted by Gasteiger charge is 2.16. The summed E-state index contributed by atoms with van der Waals surface area (Å²) >= 11 is 30.8. The van der Waals surface area contributed by atoms with Gasteiger partial charge in [0, 0.05) is 22.7 Å². The molecule has 9 heteroatoms. The highest BCUT2D eigenvalue weighted by molar-refractivity contribution is 6.43. The van der Waals surface area contributed by atoms with Crippen molar-refractivity contribution in [3.05, 3.63) is 121 Å². The van der Waals surface area contributed by atoms with Gasteiger partial charge in [-0.2, -0.15) is 0 Å². The first-order valence-corrected chi connectivity index (χ1v) is 13.1. The molecule has 0 saturated carbocycles. The summed E-state index contributed by atoms with van der Waals surface area (Å²) in [6.45, 7) is 0.971. The summed E-state index contributed by atoms with van der Waals surface area (Å²) in [6.07, 6.45) is 0. The molecule has 186 valence electrons.